The van der Waals surface area contributed by atoms with Crippen molar-refractivity contribution in [3.05, 3.63) is 35.5 Å². The van der Waals surface area contributed by atoms with Crippen LogP contribution in [0.3, 0.4) is 0 Å². The third kappa shape index (κ3) is 1.09. The van der Waals surface area contributed by atoms with Crippen LogP contribution in [-0.2, 0) is 12.8 Å². The Morgan fingerprint density at radius 2 is 2.12 bits per heavy atom. The molecule has 4 rings (SSSR count). The first kappa shape index (κ1) is 8.87. The highest BCUT2D eigenvalue weighted by Crippen LogP contribution is 2.37. The Morgan fingerprint density at radius 3 is 3.06 bits per heavy atom. The van der Waals surface area contributed by atoms with Crippen LogP contribution in [0.2, 0.25) is 0 Å². The van der Waals surface area contributed by atoms with Gasteiger partial charge < -0.3 is 10.1 Å². The van der Waals surface area contributed by atoms with Gasteiger partial charge in [-0.25, -0.2) is 0 Å². The lowest BCUT2D eigenvalue weighted by Gasteiger charge is -2.11. The first-order chi connectivity index (χ1) is 8.33. The number of benzene rings is 1. The molecule has 0 atom stereocenters. The van der Waals surface area contributed by atoms with E-state index in [9.17, 15) is 5.11 Å². The van der Waals surface area contributed by atoms with Crippen molar-refractivity contribution in [2.24, 2.45) is 0 Å². The number of nitrogens with one attached hydrogen (secondary N) is 2. The van der Waals surface area contributed by atoms with Crippen LogP contribution in [0.4, 0.5) is 0 Å². The summed E-state index contributed by atoms with van der Waals surface area (Å²) < 4.78 is 0. The van der Waals surface area contributed by atoms with E-state index in [4.69, 9.17) is 0 Å². The van der Waals surface area contributed by atoms with Crippen molar-refractivity contribution in [2.75, 3.05) is 0 Å². The molecule has 4 heteroatoms. The van der Waals surface area contributed by atoms with Crippen molar-refractivity contribution in [1.82, 2.24) is 15.2 Å². The zero-order valence-electron chi connectivity index (χ0n) is 9.12. The fourth-order valence-corrected chi connectivity index (χ4v) is 2.69. The van der Waals surface area contributed by atoms with Crippen LogP contribution < -0.4 is 0 Å². The fraction of sp³-hybridized carbons (Fsp3) is 0.154. The van der Waals surface area contributed by atoms with Gasteiger partial charge in [-0.15, -0.1) is 0 Å². The monoisotopic (exact) mass is 225 g/mol. The standard InChI is InChI=1S/C13H11N3O/c17-8-2-4-11-10(5-8)9-3-1-7-6-14-16-12(7)13(9)15-11/h2,4-6,15,17H,1,3H2,(H,14,16). The molecule has 3 N–H and O–H groups in total. The maximum atomic E-state index is 9.57. The van der Waals surface area contributed by atoms with Crippen LogP contribution in [0.5, 0.6) is 5.75 Å². The van der Waals surface area contributed by atoms with E-state index in [-0.39, 0.29) is 0 Å². The Hall–Kier alpha value is -2.23. The van der Waals surface area contributed by atoms with Crippen LogP contribution in [0.25, 0.3) is 22.3 Å². The smallest absolute Gasteiger partial charge is 0.116 e. The Balaban J connectivity index is 2.10. The van der Waals surface area contributed by atoms with Gasteiger partial charge in [-0.2, -0.15) is 5.10 Å². The lowest BCUT2D eigenvalue weighted by molar-refractivity contribution is 0.476. The number of H-pyrrole nitrogens is 2. The topological polar surface area (TPSA) is 64.7 Å². The normalized spacial score (nSPS) is 13.6. The second-order valence-electron chi connectivity index (χ2n) is 4.48. The molecule has 0 unspecified atom stereocenters. The molecule has 1 aliphatic rings. The van der Waals surface area contributed by atoms with Gasteiger partial charge in [0.1, 0.15) is 5.75 Å². The molecule has 0 saturated carbocycles. The molecule has 3 aromatic rings. The fourth-order valence-electron chi connectivity index (χ4n) is 2.69. The van der Waals surface area contributed by atoms with E-state index < -0.39 is 0 Å². The van der Waals surface area contributed by atoms with Crippen molar-refractivity contribution < 1.29 is 5.11 Å². The summed E-state index contributed by atoms with van der Waals surface area (Å²) in [5, 5.41) is 17.8. The molecule has 0 radical (unpaired) electrons. The highest BCUT2D eigenvalue weighted by molar-refractivity contribution is 5.92. The summed E-state index contributed by atoms with van der Waals surface area (Å²) >= 11 is 0. The van der Waals surface area contributed by atoms with Gasteiger partial charge in [0.15, 0.2) is 0 Å². The van der Waals surface area contributed by atoms with Crippen molar-refractivity contribution in [1.29, 1.82) is 0 Å². The average Bonchev–Trinajstić information content (AvgIpc) is 2.91. The number of aromatic hydroxyl groups is 1. The molecular weight excluding hydrogens is 214 g/mol. The van der Waals surface area contributed by atoms with Gasteiger partial charge in [0.05, 0.1) is 17.6 Å². The van der Waals surface area contributed by atoms with E-state index in [0.717, 1.165) is 35.1 Å². The SMILES string of the molecule is Oc1ccc2[nH]c3c(c2c1)CCc1cn[nH]c1-3. The van der Waals surface area contributed by atoms with E-state index in [0.29, 0.717) is 5.75 Å². The summed E-state index contributed by atoms with van der Waals surface area (Å²) in [7, 11) is 0. The molecule has 1 aliphatic carbocycles. The predicted molar refractivity (Wildman–Crippen MR) is 65.0 cm³/mol. The Kier molecular flexibility index (Phi) is 1.52. The molecule has 0 spiro atoms. The summed E-state index contributed by atoms with van der Waals surface area (Å²) in [5.74, 6) is 0.315. The maximum Gasteiger partial charge on any atom is 0.116 e. The number of hydrogen-bond donors (Lipinski definition) is 3. The number of nitrogens with zero attached hydrogens (tertiary/aromatic N) is 1. The summed E-state index contributed by atoms with van der Waals surface area (Å²) in [4.78, 5) is 3.40. The summed E-state index contributed by atoms with van der Waals surface area (Å²) in [6.45, 7) is 0. The second-order valence-corrected chi connectivity index (χ2v) is 4.48. The van der Waals surface area contributed by atoms with Crippen LogP contribution in [0, 0.1) is 0 Å². The van der Waals surface area contributed by atoms with Gasteiger partial charge in [0.2, 0.25) is 0 Å². The van der Waals surface area contributed by atoms with Crippen molar-refractivity contribution in [3.8, 4) is 17.1 Å². The zero-order valence-corrected chi connectivity index (χ0v) is 9.12. The van der Waals surface area contributed by atoms with Gasteiger partial charge in [0.25, 0.3) is 0 Å². The molecule has 0 fully saturated rings. The van der Waals surface area contributed by atoms with E-state index in [1.165, 1.54) is 11.1 Å². The number of aromatic amines is 2. The van der Waals surface area contributed by atoms with E-state index >= 15 is 0 Å². The summed E-state index contributed by atoms with van der Waals surface area (Å²) in [5.41, 5.74) is 5.79. The molecule has 0 bridgehead atoms. The van der Waals surface area contributed by atoms with Gasteiger partial charge in [-0.3, -0.25) is 5.10 Å². The highest BCUT2D eigenvalue weighted by Gasteiger charge is 2.21. The molecule has 0 saturated heterocycles. The minimum atomic E-state index is 0.315. The lowest BCUT2D eigenvalue weighted by atomic mass is 9.94. The van der Waals surface area contributed by atoms with Gasteiger partial charge in [-0.05, 0) is 42.2 Å². The Morgan fingerprint density at radius 1 is 1.18 bits per heavy atom. The predicted octanol–water partition coefficient (Wildman–Crippen LogP) is 2.36. The number of aromatic nitrogens is 3. The molecule has 1 aromatic carbocycles. The average molecular weight is 225 g/mol. The van der Waals surface area contributed by atoms with E-state index in [1.807, 2.05) is 18.3 Å². The van der Waals surface area contributed by atoms with Gasteiger partial charge >= 0.3 is 0 Å². The molecule has 0 amide bonds. The second kappa shape index (κ2) is 2.91. The minimum absolute atomic E-state index is 0.315. The quantitative estimate of drug-likeness (QED) is 0.550. The number of rotatable bonds is 0. The Labute approximate surface area is 97.3 Å². The molecule has 84 valence electrons. The van der Waals surface area contributed by atoms with Crippen molar-refractivity contribution in [3.63, 3.8) is 0 Å². The zero-order chi connectivity index (χ0) is 11.4. The molecule has 2 aromatic heterocycles. The minimum Gasteiger partial charge on any atom is -0.508 e. The third-order valence-electron chi connectivity index (χ3n) is 3.50. The van der Waals surface area contributed by atoms with Gasteiger partial charge in [0, 0.05) is 10.9 Å². The molecule has 4 nitrogen and oxygen atoms in total. The highest BCUT2D eigenvalue weighted by atomic mass is 16.3. The van der Waals surface area contributed by atoms with Crippen LogP contribution >= 0.6 is 0 Å². The first-order valence-corrected chi connectivity index (χ1v) is 5.69. The largest absolute Gasteiger partial charge is 0.508 e. The molecule has 17 heavy (non-hydrogen) atoms. The van der Waals surface area contributed by atoms with Crippen LogP contribution in [-0.4, -0.2) is 20.3 Å². The van der Waals surface area contributed by atoms with Crippen molar-refractivity contribution >= 4 is 10.9 Å². The van der Waals surface area contributed by atoms with Gasteiger partial charge in [-0.1, -0.05) is 0 Å². The Bertz CT molecular complexity index is 723. The summed E-state index contributed by atoms with van der Waals surface area (Å²) in [6.07, 6.45) is 3.88. The molecule has 0 aliphatic heterocycles. The number of hydrogen-bond acceptors (Lipinski definition) is 2. The first-order valence-electron chi connectivity index (χ1n) is 5.69. The van der Waals surface area contributed by atoms with E-state index in [1.54, 1.807) is 6.07 Å². The third-order valence-corrected chi connectivity index (χ3v) is 3.50. The van der Waals surface area contributed by atoms with Crippen molar-refractivity contribution in [2.45, 2.75) is 12.8 Å². The van der Waals surface area contributed by atoms with Crippen LogP contribution in [0.1, 0.15) is 11.1 Å². The number of aryl methyl sites for hydroxylation is 2. The number of fused-ring (bicyclic) bond motifs is 5. The maximum absolute atomic E-state index is 9.57. The lowest BCUT2D eigenvalue weighted by Crippen LogP contribution is -2.00. The molecule has 2 heterocycles. The van der Waals surface area contributed by atoms with E-state index in [2.05, 4.69) is 15.2 Å². The summed E-state index contributed by atoms with van der Waals surface area (Å²) in [6, 6.07) is 5.45. The number of phenols is 1. The number of phenolic OH excluding ortho intramolecular Hbond substituents is 1. The molecular formula is C13H11N3O. The van der Waals surface area contributed by atoms with Crippen LogP contribution in [0.15, 0.2) is 24.4 Å².